The Morgan fingerprint density at radius 2 is 2.04 bits per heavy atom. The number of piperidine rings is 1. The van der Waals surface area contributed by atoms with Crippen LogP contribution in [0.4, 0.5) is 0 Å². The molecule has 2 N–H and O–H groups in total. The average molecular weight is 358 g/mol. The average Bonchev–Trinajstić information content (AvgIpc) is 3.11. The van der Waals surface area contributed by atoms with Crippen LogP contribution in [0.2, 0.25) is 0 Å². The first-order chi connectivity index (χ1) is 12.7. The van der Waals surface area contributed by atoms with Crippen molar-refractivity contribution in [1.82, 2.24) is 15.1 Å². The van der Waals surface area contributed by atoms with Gasteiger partial charge in [-0.25, -0.2) is 4.99 Å². The summed E-state index contributed by atoms with van der Waals surface area (Å²) < 4.78 is 0. The van der Waals surface area contributed by atoms with Gasteiger partial charge in [-0.15, -0.1) is 0 Å². The first kappa shape index (κ1) is 18.7. The Morgan fingerprint density at radius 1 is 1.23 bits per heavy atom. The monoisotopic (exact) mass is 358 g/mol. The standard InChI is InChI=1S/C20H30N4O2/c1-2-21-20(24-12-9-18(25)15-24)22-14-16-7-6-8-17(13-16)19(26)23-10-4-3-5-11-23/h6-8,13,18,25H,2-5,9-12,14-15H2,1H3,(H,21,22)/t18-/m1/s1. The molecule has 1 aromatic rings. The first-order valence-electron chi connectivity index (χ1n) is 9.77. The minimum atomic E-state index is -0.274. The molecule has 6 heteroatoms. The third kappa shape index (κ3) is 4.75. The number of aliphatic hydroxyl groups is 1. The molecular formula is C20H30N4O2. The third-order valence-corrected chi connectivity index (χ3v) is 5.03. The molecule has 0 saturated carbocycles. The molecule has 26 heavy (non-hydrogen) atoms. The molecule has 0 bridgehead atoms. The maximum atomic E-state index is 12.7. The number of hydrogen-bond acceptors (Lipinski definition) is 3. The first-order valence-corrected chi connectivity index (χ1v) is 9.77. The fourth-order valence-corrected chi connectivity index (χ4v) is 3.61. The van der Waals surface area contributed by atoms with Crippen molar-refractivity contribution in [3.05, 3.63) is 35.4 Å². The van der Waals surface area contributed by atoms with E-state index >= 15 is 0 Å². The molecule has 2 heterocycles. The Kier molecular flexibility index (Phi) is 6.50. The van der Waals surface area contributed by atoms with E-state index in [1.807, 2.05) is 36.1 Å². The van der Waals surface area contributed by atoms with Crippen LogP contribution in [0.5, 0.6) is 0 Å². The smallest absolute Gasteiger partial charge is 0.253 e. The topological polar surface area (TPSA) is 68.2 Å². The molecule has 1 atom stereocenters. The van der Waals surface area contributed by atoms with Crippen LogP contribution in [0.25, 0.3) is 0 Å². The van der Waals surface area contributed by atoms with Gasteiger partial charge in [0.05, 0.1) is 12.6 Å². The Balaban J connectivity index is 1.67. The van der Waals surface area contributed by atoms with E-state index in [1.54, 1.807) is 0 Å². The van der Waals surface area contributed by atoms with E-state index in [1.165, 1.54) is 6.42 Å². The molecule has 6 nitrogen and oxygen atoms in total. The number of β-amino-alcohol motifs (C(OH)–C–C–N with tert-alkyl or cyclic N) is 1. The highest BCUT2D eigenvalue weighted by atomic mass is 16.3. The van der Waals surface area contributed by atoms with E-state index in [-0.39, 0.29) is 12.0 Å². The summed E-state index contributed by atoms with van der Waals surface area (Å²) in [5.74, 6) is 0.960. The van der Waals surface area contributed by atoms with Crippen molar-refractivity contribution in [2.24, 2.45) is 4.99 Å². The van der Waals surface area contributed by atoms with Gasteiger partial charge in [-0.05, 0) is 50.3 Å². The van der Waals surface area contributed by atoms with E-state index < -0.39 is 0 Å². The number of benzene rings is 1. The van der Waals surface area contributed by atoms with E-state index in [0.29, 0.717) is 13.1 Å². The molecular weight excluding hydrogens is 328 g/mol. The number of carbonyl (C=O) groups is 1. The van der Waals surface area contributed by atoms with Gasteiger partial charge in [-0.3, -0.25) is 4.79 Å². The zero-order valence-electron chi connectivity index (χ0n) is 15.7. The van der Waals surface area contributed by atoms with Crippen molar-refractivity contribution in [3.8, 4) is 0 Å². The molecule has 1 aromatic carbocycles. The number of rotatable bonds is 4. The molecule has 0 spiro atoms. The summed E-state index contributed by atoms with van der Waals surface area (Å²) in [6.45, 7) is 6.53. The van der Waals surface area contributed by atoms with Crippen molar-refractivity contribution < 1.29 is 9.90 Å². The summed E-state index contributed by atoms with van der Waals surface area (Å²) >= 11 is 0. The van der Waals surface area contributed by atoms with Crippen LogP contribution in [0.15, 0.2) is 29.3 Å². The summed E-state index contributed by atoms with van der Waals surface area (Å²) in [6, 6.07) is 7.81. The summed E-state index contributed by atoms with van der Waals surface area (Å²) in [5.41, 5.74) is 1.78. The molecule has 3 rings (SSSR count). The zero-order chi connectivity index (χ0) is 18.4. The van der Waals surface area contributed by atoms with Crippen molar-refractivity contribution >= 4 is 11.9 Å². The molecule has 0 unspecified atom stereocenters. The van der Waals surface area contributed by atoms with Crippen LogP contribution < -0.4 is 5.32 Å². The number of amides is 1. The molecule has 0 radical (unpaired) electrons. The van der Waals surface area contributed by atoms with E-state index in [0.717, 1.165) is 62.5 Å². The number of guanidine groups is 1. The lowest BCUT2D eigenvalue weighted by atomic mass is 10.1. The number of hydrogen-bond donors (Lipinski definition) is 2. The maximum absolute atomic E-state index is 12.7. The fourth-order valence-electron chi connectivity index (χ4n) is 3.61. The Morgan fingerprint density at radius 3 is 2.73 bits per heavy atom. The number of likely N-dealkylation sites (tertiary alicyclic amines) is 2. The van der Waals surface area contributed by atoms with Crippen molar-refractivity contribution in [3.63, 3.8) is 0 Å². The number of nitrogens with one attached hydrogen (secondary N) is 1. The minimum absolute atomic E-state index is 0.130. The minimum Gasteiger partial charge on any atom is -0.391 e. The molecule has 0 aliphatic carbocycles. The molecule has 142 valence electrons. The number of nitrogens with zero attached hydrogens (tertiary/aromatic N) is 3. The number of aliphatic imine (C=N–C) groups is 1. The zero-order valence-corrected chi connectivity index (χ0v) is 15.7. The van der Waals surface area contributed by atoms with Gasteiger partial charge >= 0.3 is 0 Å². The molecule has 0 aromatic heterocycles. The summed E-state index contributed by atoms with van der Waals surface area (Å²) in [7, 11) is 0. The molecule has 2 saturated heterocycles. The molecule has 2 aliphatic rings. The summed E-state index contributed by atoms with van der Waals surface area (Å²) in [4.78, 5) is 21.4. The largest absolute Gasteiger partial charge is 0.391 e. The molecule has 1 amide bonds. The Bertz CT molecular complexity index is 640. The van der Waals surface area contributed by atoms with Crippen molar-refractivity contribution in [2.75, 3.05) is 32.7 Å². The lowest BCUT2D eigenvalue weighted by Crippen LogP contribution is -2.40. The van der Waals surface area contributed by atoms with Crippen molar-refractivity contribution in [1.29, 1.82) is 0 Å². The highest BCUT2D eigenvalue weighted by Gasteiger charge is 2.23. The van der Waals surface area contributed by atoms with Gasteiger partial charge in [0.2, 0.25) is 0 Å². The second kappa shape index (κ2) is 9.03. The highest BCUT2D eigenvalue weighted by molar-refractivity contribution is 5.94. The van der Waals surface area contributed by atoms with E-state index in [4.69, 9.17) is 4.99 Å². The van der Waals surface area contributed by atoms with E-state index in [2.05, 4.69) is 10.2 Å². The molecule has 2 fully saturated rings. The van der Waals surface area contributed by atoms with Crippen LogP contribution in [0.3, 0.4) is 0 Å². The van der Waals surface area contributed by atoms with Gasteiger partial charge in [-0.2, -0.15) is 0 Å². The molecule has 2 aliphatic heterocycles. The van der Waals surface area contributed by atoms with Gasteiger partial charge < -0.3 is 20.2 Å². The van der Waals surface area contributed by atoms with Crippen LogP contribution in [-0.2, 0) is 6.54 Å². The number of carbonyl (C=O) groups excluding carboxylic acids is 1. The Hall–Kier alpha value is -2.08. The predicted molar refractivity (Wildman–Crippen MR) is 103 cm³/mol. The lowest BCUT2D eigenvalue weighted by molar-refractivity contribution is 0.0724. The van der Waals surface area contributed by atoms with E-state index in [9.17, 15) is 9.90 Å². The quantitative estimate of drug-likeness (QED) is 0.637. The number of aliphatic hydroxyl groups excluding tert-OH is 1. The SMILES string of the molecule is CCNC(=NCc1cccc(C(=O)N2CCCCC2)c1)N1CC[C@@H](O)C1. The second-order valence-corrected chi connectivity index (χ2v) is 7.11. The lowest BCUT2D eigenvalue weighted by Gasteiger charge is -2.26. The normalized spacial score (nSPS) is 21.2. The van der Waals surface area contributed by atoms with Crippen LogP contribution in [0.1, 0.15) is 48.5 Å². The Labute approximate surface area is 155 Å². The van der Waals surface area contributed by atoms with Crippen LogP contribution in [-0.4, -0.2) is 65.6 Å². The van der Waals surface area contributed by atoms with Crippen LogP contribution in [0, 0.1) is 0 Å². The predicted octanol–water partition coefficient (Wildman–Crippen LogP) is 1.84. The second-order valence-electron chi connectivity index (χ2n) is 7.11. The van der Waals surface area contributed by atoms with Gasteiger partial charge in [-0.1, -0.05) is 12.1 Å². The van der Waals surface area contributed by atoms with Gasteiger partial charge in [0.25, 0.3) is 5.91 Å². The van der Waals surface area contributed by atoms with Crippen LogP contribution >= 0.6 is 0 Å². The maximum Gasteiger partial charge on any atom is 0.253 e. The van der Waals surface area contributed by atoms with Gasteiger partial charge in [0, 0.05) is 38.3 Å². The summed E-state index contributed by atoms with van der Waals surface area (Å²) in [6.07, 6.45) is 3.93. The fraction of sp³-hybridized carbons (Fsp3) is 0.600. The van der Waals surface area contributed by atoms with Gasteiger partial charge in [0.15, 0.2) is 5.96 Å². The van der Waals surface area contributed by atoms with Gasteiger partial charge in [0.1, 0.15) is 0 Å². The third-order valence-electron chi connectivity index (χ3n) is 5.03. The summed E-state index contributed by atoms with van der Waals surface area (Å²) in [5, 5.41) is 13.1. The van der Waals surface area contributed by atoms with Crippen molar-refractivity contribution in [2.45, 2.75) is 45.3 Å². The highest BCUT2D eigenvalue weighted by Crippen LogP contribution is 2.15.